The van der Waals surface area contributed by atoms with E-state index in [-0.39, 0.29) is 0 Å². The van der Waals surface area contributed by atoms with E-state index < -0.39 is 0 Å². The highest BCUT2D eigenvalue weighted by atomic mass is 15.3. The zero-order valence-electron chi connectivity index (χ0n) is 11.4. The van der Waals surface area contributed by atoms with E-state index in [2.05, 4.69) is 40.9 Å². The SMILES string of the molecule is CNCCCc1cnn(C/C=C/c2ccccc2)c1. The Morgan fingerprint density at radius 3 is 2.89 bits per heavy atom. The molecule has 1 aromatic heterocycles. The fraction of sp³-hybridized carbons (Fsp3) is 0.312. The summed E-state index contributed by atoms with van der Waals surface area (Å²) in [6, 6.07) is 10.3. The normalized spacial score (nSPS) is 11.2. The third-order valence-corrected chi connectivity index (χ3v) is 2.98. The van der Waals surface area contributed by atoms with E-state index in [1.807, 2.05) is 36.1 Å². The summed E-state index contributed by atoms with van der Waals surface area (Å²) < 4.78 is 1.98. The molecule has 3 nitrogen and oxygen atoms in total. The summed E-state index contributed by atoms with van der Waals surface area (Å²) in [5.74, 6) is 0. The van der Waals surface area contributed by atoms with Crippen LogP contribution in [0, 0.1) is 0 Å². The average molecular weight is 255 g/mol. The fourth-order valence-electron chi connectivity index (χ4n) is 1.97. The van der Waals surface area contributed by atoms with Crippen LogP contribution < -0.4 is 5.32 Å². The van der Waals surface area contributed by atoms with Crippen LogP contribution in [0.3, 0.4) is 0 Å². The van der Waals surface area contributed by atoms with Gasteiger partial charge in [-0.1, -0.05) is 42.5 Å². The molecule has 19 heavy (non-hydrogen) atoms. The molecule has 2 rings (SSSR count). The minimum Gasteiger partial charge on any atom is -0.320 e. The summed E-state index contributed by atoms with van der Waals surface area (Å²) in [5.41, 5.74) is 2.53. The van der Waals surface area contributed by atoms with Crippen molar-refractivity contribution in [3.63, 3.8) is 0 Å². The van der Waals surface area contributed by atoms with Gasteiger partial charge < -0.3 is 5.32 Å². The van der Waals surface area contributed by atoms with Gasteiger partial charge in [0, 0.05) is 6.20 Å². The van der Waals surface area contributed by atoms with Gasteiger partial charge in [0.1, 0.15) is 0 Å². The van der Waals surface area contributed by atoms with Crippen LogP contribution in [-0.2, 0) is 13.0 Å². The molecule has 3 heteroatoms. The Balaban J connectivity index is 1.81. The molecule has 0 amide bonds. The fourth-order valence-corrected chi connectivity index (χ4v) is 1.97. The Bertz CT molecular complexity index is 500. The predicted octanol–water partition coefficient (Wildman–Crippen LogP) is 2.75. The number of nitrogens with zero attached hydrogens (tertiary/aromatic N) is 2. The lowest BCUT2D eigenvalue weighted by Gasteiger charge is -1.97. The molecule has 0 bridgehead atoms. The molecule has 0 fully saturated rings. The van der Waals surface area contributed by atoms with E-state index in [0.29, 0.717) is 0 Å². The number of nitrogens with one attached hydrogen (secondary N) is 1. The van der Waals surface area contributed by atoms with Crippen LogP contribution in [0.4, 0.5) is 0 Å². The van der Waals surface area contributed by atoms with Crippen LogP contribution in [-0.4, -0.2) is 23.4 Å². The number of allylic oxidation sites excluding steroid dienone is 1. The number of aryl methyl sites for hydroxylation is 1. The molecule has 0 radical (unpaired) electrons. The first-order chi connectivity index (χ1) is 9.38. The summed E-state index contributed by atoms with van der Waals surface area (Å²) in [4.78, 5) is 0. The van der Waals surface area contributed by atoms with Crippen molar-refractivity contribution in [2.75, 3.05) is 13.6 Å². The minimum atomic E-state index is 0.820. The molecule has 100 valence electrons. The lowest BCUT2D eigenvalue weighted by atomic mass is 10.2. The number of hydrogen-bond acceptors (Lipinski definition) is 2. The van der Waals surface area contributed by atoms with Gasteiger partial charge in [0.05, 0.1) is 12.7 Å². The smallest absolute Gasteiger partial charge is 0.0593 e. The van der Waals surface area contributed by atoms with Crippen molar-refractivity contribution in [3.05, 3.63) is 59.9 Å². The predicted molar refractivity (Wildman–Crippen MR) is 80.0 cm³/mol. The van der Waals surface area contributed by atoms with E-state index in [4.69, 9.17) is 0 Å². The van der Waals surface area contributed by atoms with Gasteiger partial charge in [-0.2, -0.15) is 5.10 Å². The minimum absolute atomic E-state index is 0.820. The van der Waals surface area contributed by atoms with Gasteiger partial charge in [-0.15, -0.1) is 0 Å². The Kier molecular flexibility index (Phi) is 5.38. The van der Waals surface area contributed by atoms with Crippen LogP contribution in [0.25, 0.3) is 6.08 Å². The first kappa shape index (κ1) is 13.6. The maximum absolute atomic E-state index is 4.37. The van der Waals surface area contributed by atoms with Gasteiger partial charge in [0.15, 0.2) is 0 Å². The standard InChI is InChI=1S/C16H21N3/c1-17-11-5-9-16-13-18-19(14-16)12-6-10-15-7-3-2-4-8-15/h2-4,6-8,10,13-14,17H,5,9,11-12H2,1H3/b10-6+. The molecule has 1 N–H and O–H groups in total. The molecule has 2 aromatic rings. The third kappa shape index (κ3) is 4.72. The van der Waals surface area contributed by atoms with Crippen LogP contribution in [0.5, 0.6) is 0 Å². The maximum Gasteiger partial charge on any atom is 0.0593 e. The van der Waals surface area contributed by atoms with Crippen molar-refractivity contribution in [2.24, 2.45) is 0 Å². The molecule has 0 unspecified atom stereocenters. The zero-order chi connectivity index (χ0) is 13.3. The molecular weight excluding hydrogens is 234 g/mol. The van der Waals surface area contributed by atoms with Crippen molar-refractivity contribution in [1.82, 2.24) is 15.1 Å². The van der Waals surface area contributed by atoms with Gasteiger partial charge in [0.25, 0.3) is 0 Å². The highest BCUT2D eigenvalue weighted by Gasteiger charge is 1.96. The summed E-state index contributed by atoms with van der Waals surface area (Å²) in [5, 5.41) is 7.53. The second-order valence-electron chi connectivity index (χ2n) is 4.59. The van der Waals surface area contributed by atoms with Crippen LogP contribution >= 0.6 is 0 Å². The van der Waals surface area contributed by atoms with Crippen LogP contribution in [0.1, 0.15) is 17.5 Å². The molecule has 0 aliphatic rings. The van der Waals surface area contributed by atoms with E-state index in [9.17, 15) is 0 Å². The number of rotatable bonds is 7. The molecule has 0 spiro atoms. The van der Waals surface area contributed by atoms with Crippen molar-refractivity contribution in [1.29, 1.82) is 0 Å². The summed E-state index contributed by atoms with van der Waals surface area (Å²) in [6.07, 6.45) is 10.6. The summed E-state index contributed by atoms with van der Waals surface area (Å²) >= 11 is 0. The molecule has 0 aliphatic carbocycles. The van der Waals surface area contributed by atoms with Gasteiger partial charge in [-0.05, 0) is 37.6 Å². The lowest BCUT2D eigenvalue weighted by molar-refractivity contribution is 0.699. The van der Waals surface area contributed by atoms with E-state index in [1.54, 1.807) is 0 Å². The molecule has 0 saturated heterocycles. The number of benzene rings is 1. The first-order valence-corrected chi connectivity index (χ1v) is 6.76. The Hall–Kier alpha value is -1.87. The van der Waals surface area contributed by atoms with Gasteiger partial charge in [0.2, 0.25) is 0 Å². The molecule has 0 atom stereocenters. The quantitative estimate of drug-likeness (QED) is 0.771. The summed E-state index contributed by atoms with van der Waals surface area (Å²) in [7, 11) is 1.98. The van der Waals surface area contributed by atoms with Gasteiger partial charge in [-0.25, -0.2) is 0 Å². The molecule has 1 heterocycles. The average Bonchev–Trinajstić information content (AvgIpc) is 2.88. The van der Waals surface area contributed by atoms with Crippen LogP contribution in [0.2, 0.25) is 0 Å². The Labute approximate surface area is 115 Å². The zero-order valence-corrected chi connectivity index (χ0v) is 11.4. The number of aromatic nitrogens is 2. The first-order valence-electron chi connectivity index (χ1n) is 6.76. The topological polar surface area (TPSA) is 29.9 Å². The maximum atomic E-state index is 4.37. The van der Waals surface area contributed by atoms with Gasteiger partial charge in [-0.3, -0.25) is 4.68 Å². The second-order valence-corrected chi connectivity index (χ2v) is 4.59. The number of hydrogen-bond donors (Lipinski definition) is 1. The van der Waals surface area contributed by atoms with E-state index in [1.165, 1.54) is 11.1 Å². The van der Waals surface area contributed by atoms with Crippen molar-refractivity contribution < 1.29 is 0 Å². The third-order valence-electron chi connectivity index (χ3n) is 2.98. The Morgan fingerprint density at radius 2 is 2.11 bits per heavy atom. The monoisotopic (exact) mass is 255 g/mol. The highest BCUT2D eigenvalue weighted by molar-refractivity contribution is 5.48. The van der Waals surface area contributed by atoms with E-state index in [0.717, 1.165) is 25.9 Å². The Morgan fingerprint density at radius 1 is 1.26 bits per heavy atom. The molecule has 0 saturated carbocycles. The lowest BCUT2D eigenvalue weighted by Crippen LogP contribution is -2.08. The van der Waals surface area contributed by atoms with Crippen molar-refractivity contribution in [3.8, 4) is 0 Å². The highest BCUT2D eigenvalue weighted by Crippen LogP contribution is 2.04. The molecule has 0 aliphatic heterocycles. The second kappa shape index (κ2) is 7.54. The summed E-state index contributed by atoms with van der Waals surface area (Å²) in [6.45, 7) is 1.88. The van der Waals surface area contributed by atoms with E-state index >= 15 is 0 Å². The van der Waals surface area contributed by atoms with Crippen molar-refractivity contribution >= 4 is 6.08 Å². The van der Waals surface area contributed by atoms with Crippen LogP contribution in [0.15, 0.2) is 48.8 Å². The largest absolute Gasteiger partial charge is 0.320 e. The molecular formula is C16H21N3. The van der Waals surface area contributed by atoms with Gasteiger partial charge >= 0.3 is 0 Å². The van der Waals surface area contributed by atoms with Crippen molar-refractivity contribution in [2.45, 2.75) is 19.4 Å². The molecule has 1 aromatic carbocycles.